The lowest BCUT2D eigenvalue weighted by molar-refractivity contribution is -0.136. The molecule has 53 heavy (non-hydrogen) atoms. The monoisotopic (exact) mass is 740 g/mol. The van der Waals surface area contributed by atoms with E-state index in [-0.39, 0.29) is 24.1 Å². The predicted molar refractivity (Wildman–Crippen MR) is 223 cm³/mol. The van der Waals surface area contributed by atoms with Crippen LogP contribution in [0.15, 0.2) is 58.2 Å². The zero-order chi connectivity index (χ0) is 39.7. The zero-order valence-electron chi connectivity index (χ0n) is 34.5. The van der Waals surface area contributed by atoms with E-state index in [0.717, 1.165) is 109 Å². The van der Waals surface area contributed by atoms with Gasteiger partial charge in [0.25, 0.3) is 5.91 Å². The Hall–Kier alpha value is -3.46. The fourth-order valence-corrected chi connectivity index (χ4v) is 5.71. The Morgan fingerprint density at radius 3 is 1.49 bits per heavy atom. The van der Waals surface area contributed by atoms with E-state index in [2.05, 4.69) is 87.9 Å². The third-order valence-corrected chi connectivity index (χ3v) is 9.17. The van der Waals surface area contributed by atoms with Gasteiger partial charge in [-0.25, -0.2) is 0 Å². The number of carbonyl (C=O) groups is 3. The topological polar surface area (TPSA) is 157 Å². The third kappa shape index (κ3) is 34.1. The van der Waals surface area contributed by atoms with Gasteiger partial charge in [-0.15, -0.1) is 0 Å². The van der Waals surface area contributed by atoms with Gasteiger partial charge in [-0.1, -0.05) is 90.3 Å². The number of hydrogen-bond acceptors (Lipinski definition) is 5. The van der Waals surface area contributed by atoms with Gasteiger partial charge < -0.3 is 26.8 Å². The lowest BCUT2D eigenvalue weighted by atomic mass is 10.0. The van der Waals surface area contributed by atoms with Crippen molar-refractivity contribution in [1.29, 1.82) is 5.41 Å². The highest BCUT2D eigenvalue weighted by molar-refractivity contribution is 5.86. The van der Waals surface area contributed by atoms with E-state index in [9.17, 15) is 19.5 Å². The number of aliphatic hydroxyl groups is 1. The van der Waals surface area contributed by atoms with Crippen LogP contribution in [0, 0.1) is 5.41 Å². The van der Waals surface area contributed by atoms with E-state index >= 15 is 0 Å². The Labute approximate surface area is 323 Å². The van der Waals surface area contributed by atoms with E-state index in [1.54, 1.807) is 0 Å². The van der Waals surface area contributed by atoms with Crippen LogP contribution >= 0.6 is 0 Å². The summed E-state index contributed by atoms with van der Waals surface area (Å²) in [5.41, 5.74) is 12.4. The maximum absolute atomic E-state index is 12.3. The number of amidine groups is 1. The van der Waals surface area contributed by atoms with E-state index in [1.165, 1.54) is 27.9 Å². The standard InChI is InChI=1S/C44H77N5O4/c1-35(2)21-18-24-38(5)27-19-25-36(3)22-14-15-23-37(4)26-20-28-39(6)31-32-41(50)47-33-16-10-11-17-34-48-43(52)44(53)49-42(51)30-13-9-7-8-12-29-40(45)46/h21-23,27-28,44,53H,7-20,24-26,29-34H2,1-6H3,(H3,45,46)(H,47,50)(H,48,52)(H,49,51)/b36-22-,37-23+,38-27+,39-28+. The lowest BCUT2D eigenvalue weighted by Crippen LogP contribution is -2.46. The summed E-state index contributed by atoms with van der Waals surface area (Å²) in [6.07, 6.45) is 28.9. The van der Waals surface area contributed by atoms with Crippen molar-refractivity contribution in [3.63, 3.8) is 0 Å². The molecule has 0 bridgehead atoms. The Kier molecular flexibility index (Phi) is 31.0. The molecule has 7 N–H and O–H groups in total. The second-order valence-electron chi connectivity index (χ2n) is 15.0. The number of aliphatic hydroxyl groups excluding tert-OH is 1. The fraction of sp³-hybridized carbons (Fsp3) is 0.682. The van der Waals surface area contributed by atoms with Crippen molar-refractivity contribution >= 4 is 23.6 Å². The second kappa shape index (κ2) is 33.1. The molecule has 0 aromatic rings. The van der Waals surface area contributed by atoms with Crippen LogP contribution in [0.25, 0.3) is 0 Å². The van der Waals surface area contributed by atoms with Gasteiger partial charge in [0.05, 0.1) is 5.84 Å². The molecule has 0 saturated heterocycles. The molecule has 1 unspecified atom stereocenters. The third-order valence-electron chi connectivity index (χ3n) is 9.17. The quantitative estimate of drug-likeness (QED) is 0.0133. The first-order valence-corrected chi connectivity index (χ1v) is 20.4. The Morgan fingerprint density at radius 2 is 0.962 bits per heavy atom. The molecule has 3 amide bonds. The molecular weight excluding hydrogens is 663 g/mol. The molecule has 0 heterocycles. The molecular formula is C44H77N5O4. The summed E-state index contributed by atoms with van der Waals surface area (Å²) < 4.78 is 0. The molecule has 0 saturated carbocycles. The first kappa shape index (κ1) is 49.5. The van der Waals surface area contributed by atoms with Crippen LogP contribution in [0.4, 0.5) is 0 Å². The number of carbonyl (C=O) groups excluding carboxylic acids is 3. The molecule has 0 aromatic heterocycles. The maximum Gasteiger partial charge on any atom is 0.269 e. The van der Waals surface area contributed by atoms with Gasteiger partial charge in [0.2, 0.25) is 18.0 Å². The van der Waals surface area contributed by atoms with Gasteiger partial charge in [-0.2, -0.15) is 0 Å². The summed E-state index contributed by atoms with van der Waals surface area (Å²) in [5.74, 6) is -0.664. The molecule has 302 valence electrons. The average molecular weight is 740 g/mol. The van der Waals surface area contributed by atoms with Crippen LogP contribution < -0.4 is 21.7 Å². The highest BCUT2D eigenvalue weighted by atomic mass is 16.3. The number of rotatable bonds is 32. The molecule has 0 fully saturated rings. The number of hydrogen-bond donors (Lipinski definition) is 6. The Bertz CT molecular complexity index is 1210. The van der Waals surface area contributed by atoms with Crippen molar-refractivity contribution in [1.82, 2.24) is 16.0 Å². The van der Waals surface area contributed by atoms with Gasteiger partial charge in [0.1, 0.15) is 0 Å². The summed E-state index contributed by atoms with van der Waals surface area (Å²) in [6.45, 7) is 14.2. The van der Waals surface area contributed by atoms with Crippen LogP contribution in [0.2, 0.25) is 0 Å². The van der Waals surface area contributed by atoms with Crippen LogP contribution in [-0.4, -0.2) is 48.0 Å². The minimum absolute atomic E-state index is 0.0794. The minimum Gasteiger partial charge on any atom is -0.388 e. The minimum atomic E-state index is -1.55. The summed E-state index contributed by atoms with van der Waals surface area (Å²) >= 11 is 0. The van der Waals surface area contributed by atoms with Crippen molar-refractivity contribution < 1.29 is 19.5 Å². The first-order chi connectivity index (χ1) is 25.3. The number of allylic oxidation sites excluding steroid dienone is 10. The second-order valence-corrected chi connectivity index (χ2v) is 15.0. The zero-order valence-corrected chi connectivity index (χ0v) is 34.5. The molecule has 0 aliphatic rings. The lowest BCUT2D eigenvalue weighted by Gasteiger charge is -2.13. The highest BCUT2D eigenvalue weighted by Crippen LogP contribution is 2.15. The molecule has 0 aliphatic heterocycles. The normalized spacial score (nSPS) is 13.0. The van der Waals surface area contributed by atoms with Gasteiger partial charge in [-0.3, -0.25) is 19.8 Å². The number of unbranched alkanes of at least 4 members (excludes halogenated alkanes) is 8. The Balaban J connectivity index is 3.90. The van der Waals surface area contributed by atoms with Crippen LogP contribution in [0.5, 0.6) is 0 Å². The smallest absolute Gasteiger partial charge is 0.269 e. The van der Waals surface area contributed by atoms with Crippen molar-refractivity contribution in [2.45, 2.75) is 183 Å². The van der Waals surface area contributed by atoms with Crippen molar-refractivity contribution in [3.05, 3.63) is 58.2 Å². The van der Waals surface area contributed by atoms with E-state index < -0.39 is 12.1 Å². The summed E-state index contributed by atoms with van der Waals surface area (Å²) in [5, 5.41) is 25.2. The molecule has 0 aliphatic carbocycles. The van der Waals surface area contributed by atoms with Crippen LogP contribution in [-0.2, 0) is 14.4 Å². The van der Waals surface area contributed by atoms with Crippen molar-refractivity contribution in [2.24, 2.45) is 5.73 Å². The van der Waals surface area contributed by atoms with Gasteiger partial charge in [0.15, 0.2) is 0 Å². The summed E-state index contributed by atoms with van der Waals surface area (Å²) in [4.78, 5) is 36.3. The van der Waals surface area contributed by atoms with E-state index in [4.69, 9.17) is 11.1 Å². The van der Waals surface area contributed by atoms with Crippen LogP contribution in [0.3, 0.4) is 0 Å². The van der Waals surface area contributed by atoms with E-state index in [1.807, 2.05) is 0 Å². The SMILES string of the molecule is CC(C)=CCC/C(C)=C/CC/C(C)=C\CC/C=C(\C)CC/C=C(\C)CCC(=O)NCCCCCCNC(=O)C(O)NC(=O)CCCCCCCC(=N)N. The van der Waals surface area contributed by atoms with Crippen LogP contribution in [0.1, 0.15) is 176 Å². The van der Waals surface area contributed by atoms with Crippen molar-refractivity contribution in [2.75, 3.05) is 13.1 Å². The molecule has 0 aromatic carbocycles. The Morgan fingerprint density at radius 1 is 0.528 bits per heavy atom. The summed E-state index contributed by atoms with van der Waals surface area (Å²) in [7, 11) is 0. The van der Waals surface area contributed by atoms with Gasteiger partial charge >= 0.3 is 0 Å². The molecule has 9 heteroatoms. The highest BCUT2D eigenvalue weighted by Gasteiger charge is 2.16. The first-order valence-electron chi connectivity index (χ1n) is 20.4. The molecule has 1 atom stereocenters. The van der Waals surface area contributed by atoms with Gasteiger partial charge in [0, 0.05) is 32.4 Å². The number of nitrogens with two attached hydrogens (primary N) is 1. The number of nitrogens with one attached hydrogen (secondary N) is 4. The molecule has 0 rings (SSSR count). The molecule has 9 nitrogen and oxygen atoms in total. The summed E-state index contributed by atoms with van der Waals surface area (Å²) in [6, 6.07) is 0. The van der Waals surface area contributed by atoms with E-state index in [0.29, 0.717) is 32.4 Å². The molecule has 0 radical (unpaired) electrons. The fourth-order valence-electron chi connectivity index (χ4n) is 5.71. The molecule has 0 spiro atoms. The largest absolute Gasteiger partial charge is 0.388 e. The maximum atomic E-state index is 12.3. The van der Waals surface area contributed by atoms with Gasteiger partial charge in [-0.05, 0) is 125 Å². The predicted octanol–water partition coefficient (Wildman–Crippen LogP) is 9.53. The average Bonchev–Trinajstić information content (AvgIpc) is 3.09. The van der Waals surface area contributed by atoms with Crippen molar-refractivity contribution in [3.8, 4) is 0 Å². The number of amides is 3.